The first-order valence-corrected chi connectivity index (χ1v) is 27.8. The topological polar surface area (TPSA) is 108 Å². The lowest BCUT2D eigenvalue weighted by Gasteiger charge is -2.29. The fourth-order valence-electron chi connectivity index (χ4n) is 7.65. The van der Waals surface area contributed by atoms with E-state index in [0.717, 1.165) is 44.9 Å². The number of allylic oxidation sites excluding steroid dienone is 5. The molecule has 0 aliphatic carbocycles. The molecule has 9 heteroatoms. The van der Waals surface area contributed by atoms with E-state index in [0.29, 0.717) is 17.4 Å². The minimum absolute atomic E-state index is 0.000840. The molecule has 0 aliphatic rings. The second-order valence-electron chi connectivity index (χ2n) is 19.2. The largest absolute Gasteiger partial charge is 0.756 e. The molecule has 2 N–H and O–H groups in total. The van der Waals surface area contributed by atoms with Gasteiger partial charge in [-0.15, -0.1) is 0 Å². The molecule has 0 aromatic heterocycles. The first kappa shape index (κ1) is 60.7. The Bertz CT molecular complexity index is 1110. The predicted molar refractivity (Wildman–Crippen MR) is 265 cm³/mol. The van der Waals surface area contributed by atoms with Crippen molar-refractivity contribution in [3.05, 3.63) is 36.5 Å². The van der Waals surface area contributed by atoms with Gasteiger partial charge in [-0.3, -0.25) is 9.36 Å². The van der Waals surface area contributed by atoms with Crippen LogP contribution in [0.25, 0.3) is 0 Å². The molecule has 0 saturated heterocycles. The Balaban J connectivity index is 4.08. The van der Waals surface area contributed by atoms with Gasteiger partial charge in [0.25, 0.3) is 7.82 Å². The third-order valence-electron chi connectivity index (χ3n) is 11.8. The quantitative estimate of drug-likeness (QED) is 0.0273. The number of carbonyl (C=O) groups excluding carboxylic acids is 1. The van der Waals surface area contributed by atoms with Gasteiger partial charge in [0.05, 0.1) is 39.9 Å². The van der Waals surface area contributed by atoms with Crippen LogP contribution in [0.3, 0.4) is 0 Å². The highest BCUT2D eigenvalue weighted by Crippen LogP contribution is 2.38. The Morgan fingerprint density at radius 3 is 1.34 bits per heavy atom. The number of quaternary nitrogens is 1. The SMILES string of the molecule is CCCCCCCCCCC/C=C\C/C=C\CCCCCCCCCCCCCCCC(=O)NC(COP(=O)([O-])OCC[N+](C)(C)C)C(O)/C=C/CCCCCCCCCCC. The maximum Gasteiger partial charge on any atom is 0.268 e. The van der Waals surface area contributed by atoms with Crippen LogP contribution in [0.4, 0.5) is 0 Å². The molecule has 0 spiro atoms. The molecule has 0 bridgehead atoms. The number of carbonyl (C=O) groups is 1. The van der Waals surface area contributed by atoms with E-state index in [2.05, 4.69) is 43.5 Å². The number of phosphoric ester groups is 1. The Labute approximate surface area is 385 Å². The summed E-state index contributed by atoms with van der Waals surface area (Å²) in [4.78, 5) is 25.3. The van der Waals surface area contributed by atoms with Crippen molar-refractivity contribution in [3.63, 3.8) is 0 Å². The zero-order valence-electron chi connectivity index (χ0n) is 41.6. The third kappa shape index (κ3) is 46.7. The first-order valence-electron chi connectivity index (χ1n) is 26.4. The minimum Gasteiger partial charge on any atom is -0.756 e. The number of unbranched alkanes of at least 4 members (excludes halogenated alkanes) is 31. The molecule has 0 fully saturated rings. The number of aliphatic hydroxyl groups is 1. The zero-order chi connectivity index (χ0) is 45.7. The van der Waals surface area contributed by atoms with Crippen LogP contribution in [0.15, 0.2) is 36.5 Å². The van der Waals surface area contributed by atoms with E-state index >= 15 is 0 Å². The predicted octanol–water partition coefficient (Wildman–Crippen LogP) is 14.8. The van der Waals surface area contributed by atoms with Gasteiger partial charge in [0.1, 0.15) is 13.2 Å². The summed E-state index contributed by atoms with van der Waals surface area (Å²) in [6.45, 7) is 4.64. The van der Waals surface area contributed by atoms with Gasteiger partial charge in [0, 0.05) is 6.42 Å². The highest BCUT2D eigenvalue weighted by molar-refractivity contribution is 7.45. The van der Waals surface area contributed by atoms with E-state index in [1.807, 2.05) is 27.2 Å². The summed E-state index contributed by atoms with van der Waals surface area (Å²) < 4.78 is 23.2. The van der Waals surface area contributed by atoms with Gasteiger partial charge in [-0.2, -0.15) is 0 Å². The molecule has 8 nitrogen and oxygen atoms in total. The van der Waals surface area contributed by atoms with Crippen LogP contribution in [0.2, 0.25) is 0 Å². The van der Waals surface area contributed by atoms with Gasteiger partial charge in [0.2, 0.25) is 5.91 Å². The number of aliphatic hydroxyl groups excluding tert-OH is 1. The van der Waals surface area contributed by atoms with Crippen molar-refractivity contribution in [1.29, 1.82) is 0 Å². The molecule has 0 saturated carbocycles. The molecule has 1 amide bonds. The molecular formula is C53H103N2O6P. The van der Waals surface area contributed by atoms with Crippen LogP contribution in [0, 0.1) is 0 Å². The van der Waals surface area contributed by atoms with Crippen LogP contribution in [-0.2, 0) is 18.4 Å². The molecule has 62 heavy (non-hydrogen) atoms. The molecule has 0 aromatic rings. The van der Waals surface area contributed by atoms with Crippen molar-refractivity contribution in [2.75, 3.05) is 40.9 Å². The van der Waals surface area contributed by atoms with E-state index in [1.165, 1.54) is 180 Å². The van der Waals surface area contributed by atoms with E-state index in [4.69, 9.17) is 9.05 Å². The van der Waals surface area contributed by atoms with Crippen LogP contribution in [-0.4, -0.2) is 68.5 Å². The van der Waals surface area contributed by atoms with Crippen molar-refractivity contribution in [1.82, 2.24) is 5.32 Å². The van der Waals surface area contributed by atoms with Crippen LogP contribution in [0.5, 0.6) is 0 Å². The summed E-state index contributed by atoms with van der Waals surface area (Å²) in [7, 11) is 1.26. The number of likely N-dealkylation sites (N-methyl/N-ethyl adjacent to an activating group) is 1. The van der Waals surface area contributed by atoms with Crippen LogP contribution in [0.1, 0.15) is 245 Å². The van der Waals surface area contributed by atoms with Gasteiger partial charge < -0.3 is 28.8 Å². The number of hydrogen-bond donors (Lipinski definition) is 2. The Hall–Kier alpha value is -1.28. The molecule has 0 rings (SSSR count). The molecule has 366 valence electrons. The van der Waals surface area contributed by atoms with E-state index < -0.39 is 20.0 Å². The average molecular weight is 895 g/mol. The fraction of sp³-hybridized carbons (Fsp3) is 0.868. The zero-order valence-corrected chi connectivity index (χ0v) is 42.5. The maximum atomic E-state index is 12.9. The average Bonchev–Trinajstić information content (AvgIpc) is 3.23. The number of nitrogens with zero attached hydrogens (tertiary/aromatic N) is 1. The lowest BCUT2D eigenvalue weighted by atomic mass is 10.0. The van der Waals surface area contributed by atoms with Crippen molar-refractivity contribution in [2.45, 2.75) is 257 Å². The third-order valence-corrected chi connectivity index (χ3v) is 12.8. The summed E-state index contributed by atoms with van der Waals surface area (Å²) in [5.41, 5.74) is 0. The molecule has 3 atom stereocenters. The summed E-state index contributed by atoms with van der Waals surface area (Å²) in [6.07, 6.45) is 56.5. The second-order valence-corrected chi connectivity index (χ2v) is 20.6. The van der Waals surface area contributed by atoms with Gasteiger partial charge >= 0.3 is 0 Å². The highest BCUT2D eigenvalue weighted by atomic mass is 31.2. The second kappa shape index (κ2) is 44.9. The summed E-state index contributed by atoms with van der Waals surface area (Å²) in [5, 5.41) is 13.8. The van der Waals surface area contributed by atoms with E-state index in [1.54, 1.807) is 6.08 Å². The molecule has 0 aromatic carbocycles. The molecule has 0 aliphatic heterocycles. The van der Waals surface area contributed by atoms with Crippen molar-refractivity contribution >= 4 is 13.7 Å². The van der Waals surface area contributed by atoms with Gasteiger partial charge in [0.15, 0.2) is 0 Å². The number of phosphoric acid groups is 1. The van der Waals surface area contributed by atoms with Gasteiger partial charge in [-0.25, -0.2) is 0 Å². The maximum absolute atomic E-state index is 12.9. The highest BCUT2D eigenvalue weighted by Gasteiger charge is 2.23. The van der Waals surface area contributed by atoms with E-state index in [-0.39, 0.29) is 19.1 Å². The van der Waals surface area contributed by atoms with Gasteiger partial charge in [-0.1, -0.05) is 224 Å². The molecular weight excluding hydrogens is 792 g/mol. The normalized spacial score (nSPS) is 14.4. The van der Waals surface area contributed by atoms with Crippen molar-refractivity contribution in [3.8, 4) is 0 Å². The standard InChI is InChI=1S/C53H103N2O6P/c1-6-8-10-12-14-16-18-19-20-21-22-23-24-25-26-27-28-29-30-31-32-33-34-35-37-39-41-43-45-47-53(57)54-51(50-61-62(58,59)60-49-48-55(3,4)5)52(56)46-44-42-40-38-36-17-15-13-11-9-7-2/h22-23,25-26,44,46,51-52,56H,6-21,24,27-43,45,47-50H2,1-5H3,(H-,54,57,58,59)/b23-22-,26-25-,46-44+. The molecule has 3 unspecified atom stereocenters. The summed E-state index contributed by atoms with van der Waals surface area (Å²) in [5.74, 6) is -0.199. The summed E-state index contributed by atoms with van der Waals surface area (Å²) in [6, 6.07) is -0.884. The summed E-state index contributed by atoms with van der Waals surface area (Å²) >= 11 is 0. The van der Waals surface area contributed by atoms with E-state index in [9.17, 15) is 19.4 Å². The van der Waals surface area contributed by atoms with Crippen LogP contribution < -0.4 is 10.2 Å². The number of hydrogen-bond acceptors (Lipinski definition) is 6. The Morgan fingerprint density at radius 1 is 0.565 bits per heavy atom. The fourth-order valence-corrected chi connectivity index (χ4v) is 8.38. The number of rotatable bonds is 48. The number of amides is 1. The van der Waals surface area contributed by atoms with Crippen molar-refractivity contribution < 1.29 is 32.9 Å². The lowest BCUT2D eigenvalue weighted by molar-refractivity contribution is -0.870. The molecule has 0 heterocycles. The van der Waals surface area contributed by atoms with Crippen molar-refractivity contribution in [2.24, 2.45) is 0 Å². The Kier molecular flexibility index (Phi) is 44.0. The van der Waals surface area contributed by atoms with Gasteiger partial charge in [-0.05, 0) is 51.4 Å². The minimum atomic E-state index is -4.59. The van der Waals surface area contributed by atoms with Crippen LogP contribution >= 0.6 is 7.82 Å². The number of nitrogens with one attached hydrogen (secondary N) is 1. The monoisotopic (exact) mass is 895 g/mol. The Morgan fingerprint density at radius 2 is 0.935 bits per heavy atom. The smallest absolute Gasteiger partial charge is 0.268 e. The molecule has 0 radical (unpaired) electrons. The first-order chi connectivity index (χ1) is 30.0. The lowest BCUT2D eigenvalue weighted by Crippen LogP contribution is -2.45.